The average Bonchev–Trinajstić information content (AvgIpc) is 2.86. The van der Waals surface area contributed by atoms with Gasteiger partial charge in [0.05, 0.1) is 13.7 Å². The van der Waals surface area contributed by atoms with E-state index in [9.17, 15) is 22.4 Å². The minimum absolute atomic E-state index is 0.0733. The summed E-state index contributed by atoms with van der Waals surface area (Å²) < 4.78 is 55.3. The second kappa shape index (κ2) is 12.3. The molecule has 0 saturated carbocycles. The maximum Gasteiger partial charge on any atom is 0.339 e. The molecule has 0 bridgehead atoms. The maximum atomic E-state index is 13.7. The highest BCUT2D eigenvalue weighted by atomic mass is 32.2. The smallest absolute Gasteiger partial charge is 0.339 e. The first-order chi connectivity index (χ1) is 17.6. The molecule has 9 nitrogen and oxygen atoms in total. The zero-order valence-corrected chi connectivity index (χ0v) is 21.4. The van der Waals surface area contributed by atoms with Crippen LogP contribution in [0.4, 0.5) is 10.1 Å². The van der Waals surface area contributed by atoms with Crippen LogP contribution >= 0.6 is 0 Å². The molecular weight excluding hydrogens is 503 g/mol. The van der Waals surface area contributed by atoms with Gasteiger partial charge in [-0.2, -0.15) is 8.42 Å². The van der Waals surface area contributed by atoms with Crippen LogP contribution in [0.5, 0.6) is 11.5 Å². The van der Waals surface area contributed by atoms with E-state index < -0.39 is 21.8 Å². The maximum absolute atomic E-state index is 13.7. The molecule has 3 aromatic rings. The van der Waals surface area contributed by atoms with Gasteiger partial charge in [-0.3, -0.25) is 9.59 Å². The number of benzene rings is 3. The van der Waals surface area contributed by atoms with E-state index in [1.165, 1.54) is 80.6 Å². The number of halogens is 1. The number of carbonyl (C=O) groups excluding carboxylic acids is 2. The second-order valence-corrected chi connectivity index (χ2v) is 9.50. The van der Waals surface area contributed by atoms with Crippen LogP contribution in [0.25, 0.3) is 0 Å². The number of nitrogens with zero attached hydrogens (tertiary/aromatic N) is 1. The lowest BCUT2D eigenvalue weighted by Gasteiger charge is -2.23. The first kappa shape index (κ1) is 27.6. The summed E-state index contributed by atoms with van der Waals surface area (Å²) in [4.78, 5) is 25.6. The number of anilines is 1. The molecular formula is C26H27FN2O7S. The Morgan fingerprint density at radius 3 is 2.32 bits per heavy atom. The number of rotatable bonds is 11. The van der Waals surface area contributed by atoms with Crippen LogP contribution in [-0.4, -0.2) is 52.5 Å². The van der Waals surface area contributed by atoms with Gasteiger partial charge in [0, 0.05) is 38.4 Å². The van der Waals surface area contributed by atoms with Crippen molar-refractivity contribution in [3.05, 3.63) is 83.7 Å². The van der Waals surface area contributed by atoms with Crippen LogP contribution in [0.1, 0.15) is 22.8 Å². The Morgan fingerprint density at radius 2 is 1.70 bits per heavy atom. The third-order valence-corrected chi connectivity index (χ3v) is 6.44. The molecule has 37 heavy (non-hydrogen) atoms. The predicted molar refractivity (Wildman–Crippen MR) is 135 cm³/mol. The third-order valence-electron chi connectivity index (χ3n) is 5.19. The summed E-state index contributed by atoms with van der Waals surface area (Å²) in [5.74, 6) is -1.14. The summed E-state index contributed by atoms with van der Waals surface area (Å²) in [7, 11) is -1.38. The molecule has 3 rings (SSSR count). The summed E-state index contributed by atoms with van der Waals surface area (Å²) >= 11 is 0. The fourth-order valence-corrected chi connectivity index (χ4v) is 4.37. The Morgan fingerprint density at radius 1 is 0.973 bits per heavy atom. The Labute approximate surface area is 214 Å². The first-order valence-corrected chi connectivity index (χ1v) is 12.6. The quantitative estimate of drug-likeness (QED) is 0.375. The summed E-state index contributed by atoms with van der Waals surface area (Å²) in [5.41, 5.74) is 1.16. The monoisotopic (exact) mass is 530 g/mol. The number of carbonyl (C=O) groups is 2. The van der Waals surface area contributed by atoms with Crippen molar-refractivity contribution in [2.24, 2.45) is 0 Å². The number of nitrogens with one attached hydrogen (secondary N) is 1. The first-order valence-electron chi connectivity index (χ1n) is 11.2. The summed E-state index contributed by atoms with van der Waals surface area (Å²) in [6, 6.07) is 15.5. The lowest BCUT2D eigenvalue weighted by molar-refractivity contribution is -0.114. The molecule has 0 saturated heterocycles. The highest BCUT2D eigenvalue weighted by Gasteiger charge is 2.22. The molecule has 0 aromatic heterocycles. The van der Waals surface area contributed by atoms with E-state index in [1.807, 2.05) is 0 Å². The van der Waals surface area contributed by atoms with Gasteiger partial charge in [0.1, 0.15) is 10.7 Å². The van der Waals surface area contributed by atoms with Crippen LogP contribution in [0.15, 0.2) is 71.6 Å². The Kier molecular flexibility index (Phi) is 9.20. The zero-order valence-electron chi connectivity index (χ0n) is 20.6. The molecule has 0 aliphatic heterocycles. The SMILES string of the molecule is COCCN(Cc1ccc(OC)c(OS(=O)(=O)c2ccc(NC(C)=O)cc2)c1)C(=O)c1cccc(F)c1. The molecule has 0 heterocycles. The van der Waals surface area contributed by atoms with Crippen LogP contribution in [0.2, 0.25) is 0 Å². The number of amides is 2. The summed E-state index contributed by atoms with van der Waals surface area (Å²) in [6.07, 6.45) is 0. The molecule has 0 radical (unpaired) electrons. The largest absolute Gasteiger partial charge is 0.493 e. The van der Waals surface area contributed by atoms with Gasteiger partial charge in [0.15, 0.2) is 11.5 Å². The molecule has 3 aromatic carbocycles. The summed E-state index contributed by atoms with van der Waals surface area (Å²) in [6.45, 7) is 1.87. The van der Waals surface area contributed by atoms with E-state index in [2.05, 4.69) is 5.32 Å². The average molecular weight is 531 g/mol. The Hall–Kier alpha value is -3.96. The third kappa shape index (κ3) is 7.51. The molecule has 11 heteroatoms. The van der Waals surface area contributed by atoms with E-state index >= 15 is 0 Å². The van der Waals surface area contributed by atoms with Gasteiger partial charge in [0.2, 0.25) is 5.91 Å². The molecule has 0 atom stereocenters. The topological polar surface area (TPSA) is 111 Å². The van der Waals surface area contributed by atoms with Gasteiger partial charge in [0.25, 0.3) is 5.91 Å². The van der Waals surface area contributed by atoms with E-state index in [4.69, 9.17) is 13.7 Å². The van der Waals surface area contributed by atoms with Gasteiger partial charge in [-0.25, -0.2) is 4.39 Å². The minimum Gasteiger partial charge on any atom is -0.493 e. The van der Waals surface area contributed by atoms with Gasteiger partial charge in [-0.1, -0.05) is 12.1 Å². The lowest BCUT2D eigenvalue weighted by Crippen LogP contribution is -2.33. The number of hydrogen-bond acceptors (Lipinski definition) is 7. The standard InChI is InChI=1S/C26H27FN2O7S/c1-18(30)28-22-8-10-23(11-9-22)37(32,33)36-25-15-19(7-12-24(25)35-3)17-29(13-14-34-2)26(31)20-5-4-6-21(27)16-20/h4-12,15-16H,13-14,17H2,1-3H3,(H,28,30). The highest BCUT2D eigenvalue weighted by Crippen LogP contribution is 2.31. The van der Waals surface area contributed by atoms with Crippen molar-refractivity contribution in [2.45, 2.75) is 18.4 Å². The molecule has 0 unspecified atom stereocenters. The molecule has 1 N–H and O–H groups in total. The van der Waals surface area contributed by atoms with Gasteiger partial charge < -0.3 is 23.9 Å². The lowest BCUT2D eigenvalue weighted by atomic mass is 10.1. The molecule has 0 aliphatic rings. The van der Waals surface area contributed by atoms with E-state index in [0.29, 0.717) is 11.3 Å². The van der Waals surface area contributed by atoms with Crippen LogP contribution in [0, 0.1) is 5.82 Å². The van der Waals surface area contributed by atoms with E-state index in [0.717, 1.165) is 6.07 Å². The highest BCUT2D eigenvalue weighted by molar-refractivity contribution is 7.87. The fourth-order valence-electron chi connectivity index (χ4n) is 3.44. The number of hydrogen-bond donors (Lipinski definition) is 1. The molecule has 0 aliphatic carbocycles. The van der Waals surface area contributed by atoms with Crippen molar-refractivity contribution in [3.8, 4) is 11.5 Å². The Balaban J connectivity index is 1.86. The minimum atomic E-state index is -4.25. The zero-order chi connectivity index (χ0) is 27.0. The van der Waals surface area contributed by atoms with E-state index in [-0.39, 0.29) is 47.6 Å². The van der Waals surface area contributed by atoms with Crippen molar-refractivity contribution in [1.82, 2.24) is 4.90 Å². The van der Waals surface area contributed by atoms with Crippen LogP contribution in [0.3, 0.4) is 0 Å². The molecule has 0 spiro atoms. The van der Waals surface area contributed by atoms with Crippen molar-refractivity contribution in [3.63, 3.8) is 0 Å². The normalized spacial score (nSPS) is 11.0. The van der Waals surface area contributed by atoms with Crippen molar-refractivity contribution in [2.75, 3.05) is 32.7 Å². The second-order valence-electron chi connectivity index (χ2n) is 7.96. The van der Waals surface area contributed by atoms with E-state index in [1.54, 1.807) is 6.07 Å². The predicted octanol–water partition coefficient (Wildman–Crippen LogP) is 3.85. The molecule has 0 fully saturated rings. The number of methoxy groups -OCH3 is 2. The van der Waals surface area contributed by atoms with Gasteiger partial charge >= 0.3 is 10.1 Å². The number of ether oxygens (including phenoxy) is 2. The van der Waals surface area contributed by atoms with Gasteiger partial charge in [-0.05, 0) is 60.2 Å². The summed E-state index contributed by atoms with van der Waals surface area (Å²) in [5, 5.41) is 2.56. The fraction of sp³-hybridized carbons (Fsp3) is 0.231. The van der Waals surface area contributed by atoms with Crippen molar-refractivity contribution < 1.29 is 36.1 Å². The molecule has 196 valence electrons. The van der Waals surface area contributed by atoms with Crippen molar-refractivity contribution >= 4 is 27.6 Å². The van der Waals surface area contributed by atoms with Gasteiger partial charge in [-0.15, -0.1) is 0 Å². The van der Waals surface area contributed by atoms with Crippen molar-refractivity contribution in [1.29, 1.82) is 0 Å². The van der Waals surface area contributed by atoms with Crippen LogP contribution < -0.4 is 14.2 Å². The Bertz CT molecular complexity index is 1360. The van der Waals surface area contributed by atoms with Crippen LogP contribution in [-0.2, 0) is 26.2 Å². The molecule has 2 amide bonds.